The molecule has 0 aromatic heterocycles. The van der Waals surface area contributed by atoms with E-state index >= 15 is 0 Å². The lowest BCUT2D eigenvalue weighted by Gasteiger charge is -2.52. The van der Waals surface area contributed by atoms with Crippen molar-refractivity contribution >= 4 is 46.4 Å². The van der Waals surface area contributed by atoms with Crippen LogP contribution in [0.25, 0.3) is 0 Å². The van der Waals surface area contributed by atoms with Gasteiger partial charge in [-0.25, -0.2) is 8.78 Å². The molecule has 0 nitrogen and oxygen atoms in total. The van der Waals surface area contributed by atoms with Gasteiger partial charge in [0.15, 0.2) is 0 Å². The number of hydrogen-bond donors (Lipinski definition) is 0. The van der Waals surface area contributed by atoms with Crippen molar-refractivity contribution in [2.45, 2.75) is 80.7 Å². The van der Waals surface area contributed by atoms with Crippen LogP contribution in [-0.4, -0.2) is 12.1 Å². The van der Waals surface area contributed by atoms with Crippen molar-refractivity contribution in [3.63, 3.8) is 0 Å². The second-order valence-electron chi connectivity index (χ2n) is 12.6. The molecular weight excluding hydrogens is 693 g/mol. The van der Waals surface area contributed by atoms with Crippen molar-refractivity contribution in [3.8, 4) is 0 Å². The summed E-state index contributed by atoms with van der Waals surface area (Å²) in [6.45, 7) is 0. The van der Waals surface area contributed by atoms with E-state index in [9.17, 15) is 22.0 Å². The predicted octanol–water partition coefficient (Wildman–Crippen LogP) is 13.9. The lowest BCUT2D eigenvalue weighted by molar-refractivity contribution is -0.142. The Bertz CT molecular complexity index is 1590. The van der Waals surface area contributed by atoms with Crippen molar-refractivity contribution < 1.29 is 22.0 Å². The second kappa shape index (κ2) is 15.1. The van der Waals surface area contributed by atoms with E-state index in [1.807, 2.05) is 48.5 Å². The predicted molar refractivity (Wildman–Crippen MR) is 183 cm³/mol. The monoisotopic (exact) mass is 726 g/mol. The second-order valence-corrected chi connectivity index (χ2v) is 14.4. The molecular formula is C38H35Cl4F5. The number of rotatable bonds is 11. The number of aryl methyl sites for hydroxylation is 1. The maximum absolute atomic E-state index is 14.7. The molecule has 0 aliphatic heterocycles. The number of halogens is 9. The maximum Gasteiger partial charge on any atom is 0.389 e. The molecule has 1 saturated carbocycles. The zero-order chi connectivity index (χ0) is 33.8. The number of alkyl halides is 5. The summed E-state index contributed by atoms with van der Waals surface area (Å²) >= 11 is 25.4. The Balaban J connectivity index is 1.79. The minimum Gasteiger partial charge on any atom is -0.207 e. The number of benzene rings is 4. The Labute approximate surface area is 293 Å². The minimum atomic E-state index is -4.48. The van der Waals surface area contributed by atoms with Crippen molar-refractivity contribution in [1.29, 1.82) is 0 Å². The van der Waals surface area contributed by atoms with E-state index in [-0.39, 0.29) is 25.2 Å². The Morgan fingerprint density at radius 1 is 0.660 bits per heavy atom. The summed E-state index contributed by atoms with van der Waals surface area (Å²) in [5, 5.41) is 2.00. The topological polar surface area (TPSA) is 0 Å². The quantitative estimate of drug-likeness (QED) is 0.135. The summed E-state index contributed by atoms with van der Waals surface area (Å²) in [5.74, 6) is -4.30. The molecule has 9 heteroatoms. The van der Waals surface area contributed by atoms with Crippen LogP contribution in [0, 0.1) is 5.92 Å². The highest BCUT2D eigenvalue weighted by Gasteiger charge is 2.53. The van der Waals surface area contributed by atoms with Crippen LogP contribution < -0.4 is 0 Å². The van der Waals surface area contributed by atoms with Gasteiger partial charge in [-0.2, -0.15) is 13.2 Å². The van der Waals surface area contributed by atoms with Gasteiger partial charge in [0.1, 0.15) is 0 Å². The molecule has 1 aliphatic rings. The first kappa shape index (κ1) is 36.0. The lowest BCUT2D eigenvalue weighted by Crippen LogP contribution is -2.47. The van der Waals surface area contributed by atoms with Gasteiger partial charge in [-0.15, -0.1) is 0 Å². The Kier molecular flexibility index (Phi) is 11.5. The molecule has 0 spiro atoms. The molecule has 1 aliphatic carbocycles. The third-order valence-electron chi connectivity index (χ3n) is 9.77. The van der Waals surface area contributed by atoms with Gasteiger partial charge in [0.2, 0.25) is 5.92 Å². The highest BCUT2D eigenvalue weighted by atomic mass is 35.5. The van der Waals surface area contributed by atoms with Crippen LogP contribution in [-0.2, 0) is 11.8 Å². The van der Waals surface area contributed by atoms with Crippen molar-refractivity contribution in [1.82, 2.24) is 0 Å². The molecule has 0 saturated heterocycles. The largest absolute Gasteiger partial charge is 0.389 e. The average Bonchev–Trinajstić information content (AvgIpc) is 3.02. The standard InChI is InChI=1S/C38H35Cl4F5/c39-30-11-4-25(5-12-30)6-17-34(26-7-13-31(40)14-8-26)35(27-2-1-3-33(42)24-27)37(22-23-38(45,46)47,28-9-15-32(41)16-10-28)29-18-20-36(43,44)21-19-29/h1-5,7-16,24,29,34-35H,6,17-23H2/t34?,35?,37-/m1/s1. The average molecular weight is 729 g/mol. The fourth-order valence-electron chi connectivity index (χ4n) is 7.63. The van der Waals surface area contributed by atoms with Crippen LogP contribution in [0.1, 0.15) is 79.0 Å². The molecule has 4 aromatic carbocycles. The summed E-state index contributed by atoms with van der Waals surface area (Å²) < 4.78 is 72.6. The molecule has 47 heavy (non-hydrogen) atoms. The number of hydrogen-bond acceptors (Lipinski definition) is 0. The third-order valence-corrected chi connectivity index (χ3v) is 10.8. The van der Waals surface area contributed by atoms with Crippen molar-refractivity contribution in [2.75, 3.05) is 0 Å². The van der Waals surface area contributed by atoms with Crippen LogP contribution in [0.15, 0.2) is 97.1 Å². The van der Waals surface area contributed by atoms with E-state index in [1.165, 1.54) is 0 Å². The van der Waals surface area contributed by atoms with Crippen molar-refractivity contribution in [2.24, 2.45) is 5.92 Å². The minimum absolute atomic E-state index is 0.0784. The van der Waals surface area contributed by atoms with Crippen molar-refractivity contribution in [3.05, 3.63) is 139 Å². The summed E-state index contributed by atoms with van der Waals surface area (Å²) in [4.78, 5) is 0. The molecule has 2 unspecified atom stereocenters. The van der Waals surface area contributed by atoms with Gasteiger partial charge in [-0.3, -0.25) is 0 Å². The van der Waals surface area contributed by atoms with Gasteiger partial charge in [0, 0.05) is 50.7 Å². The molecule has 0 amide bonds. The molecule has 3 atom stereocenters. The normalized spacial score (nSPS) is 18.0. The van der Waals surface area contributed by atoms with Crippen LogP contribution >= 0.6 is 46.4 Å². The maximum atomic E-state index is 14.7. The van der Waals surface area contributed by atoms with Gasteiger partial charge in [-0.1, -0.05) is 94.9 Å². The van der Waals surface area contributed by atoms with Gasteiger partial charge in [0.05, 0.1) is 0 Å². The zero-order valence-corrected chi connectivity index (χ0v) is 28.6. The summed E-state index contributed by atoms with van der Waals surface area (Å²) in [5.41, 5.74) is 2.09. The highest BCUT2D eigenvalue weighted by molar-refractivity contribution is 6.31. The molecule has 4 aromatic rings. The van der Waals surface area contributed by atoms with Crippen LogP contribution in [0.4, 0.5) is 22.0 Å². The van der Waals surface area contributed by atoms with Crippen LogP contribution in [0.3, 0.4) is 0 Å². The van der Waals surface area contributed by atoms with Crippen LogP contribution in [0.5, 0.6) is 0 Å². The Morgan fingerprint density at radius 2 is 1.21 bits per heavy atom. The zero-order valence-electron chi connectivity index (χ0n) is 25.5. The van der Waals surface area contributed by atoms with Gasteiger partial charge < -0.3 is 0 Å². The van der Waals surface area contributed by atoms with E-state index in [1.54, 1.807) is 48.5 Å². The van der Waals surface area contributed by atoms with Gasteiger partial charge in [0.25, 0.3) is 0 Å². The molecule has 0 heterocycles. The molecule has 0 bridgehead atoms. The Hall–Kier alpha value is -2.31. The van der Waals surface area contributed by atoms with Gasteiger partial charge in [-0.05, 0) is 115 Å². The highest BCUT2D eigenvalue weighted by Crippen LogP contribution is 2.60. The fraction of sp³-hybridized carbons (Fsp3) is 0.368. The Morgan fingerprint density at radius 3 is 1.77 bits per heavy atom. The van der Waals surface area contributed by atoms with E-state index < -0.39 is 48.6 Å². The smallest absolute Gasteiger partial charge is 0.207 e. The molecule has 0 N–H and O–H groups in total. The SMILES string of the molecule is FC(F)(F)CC[C@@](c1ccc(Cl)cc1)(C1CCC(F)(F)CC1)C(c1cccc(Cl)c1)C(CCc1ccc(Cl)cc1)c1ccc(Cl)cc1. The van der Waals surface area contributed by atoms with E-state index in [0.29, 0.717) is 38.5 Å². The first-order valence-corrected chi connectivity index (χ1v) is 17.2. The summed E-state index contributed by atoms with van der Waals surface area (Å²) in [7, 11) is 0. The first-order valence-electron chi connectivity index (χ1n) is 15.7. The van der Waals surface area contributed by atoms with Gasteiger partial charge >= 0.3 is 6.18 Å². The summed E-state index contributed by atoms with van der Waals surface area (Å²) in [6, 6.07) is 29.0. The molecule has 5 rings (SSSR count). The molecule has 250 valence electrons. The summed E-state index contributed by atoms with van der Waals surface area (Å²) in [6.07, 6.45) is -5.33. The van der Waals surface area contributed by atoms with E-state index in [4.69, 9.17) is 46.4 Å². The third kappa shape index (κ3) is 9.03. The first-order chi connectivity index (χ1) is 22.3. The molecule has 1 fully saturated rings. The van der Waals surface area contributed by atoms with Crippen LogP contribution in [0.2, 0.25) is 20.1 Å². The van der Waals surface area contributed by atoms with E-state index in [2.05, 4.69) is 0 Å². The molecule has 0 radical (unpaired) electrons. The van der Waals surface area contributed by atoms with E-state index in [0.717, 1.165) is 16.7 Å². The lowest BCUT2D eigenvalue weighted by atomic mass is 9.51. The fourth-order valence-corrected chi connectivity index (χ4v) is 8.21.